The van der Waals surface area contributed by atoms with Crippen LogP contribution in [-0.4, -0.2) is 30.6 Å². The van der Waals surface area contributed by atoms with Crippen molar-refractivity contribution >= 4 is 5.91 Å². The number of nitrogens with zero attached hydrogens (tertiary/aromatic N) is 3. The number of nitrogens with one attached hydrogen (secondary N) is 3. The highest BCUT2D eigenvalue weighted by molar-refractivity contribution is 5.79. The van der Waals surface area contributed by atoms with Crippen molar-refractivity contribution in [3.8, 4) is 0 Å². The molecule has 1 saturated carbocycles. The SMILES string of the molecule is CCn1ncnc1C(NC(=O)Cc1c(C)[nH]c(=O)[nH]c1=O)C1CC1. The molecule has 1 fully saturated rings. The molecule has 1 unspecified atom stereocenters. The number of carbonyl (C=O) groups excluding carboxylic acids is 1. The Balaban J connectivity index is 1.78. The van der Waals surface area contributed by atoms with E-state index in [9.17, 15) is 14.4 Å². The van der Waals surface area contributed by atoms with Gasteiger partial charge in [0.05, 0.1) is 12.5 Å². The standard InChI is InChI=1S/C15H20N6O3/c1-3-21-13(16-7-17-21)12(9-4-5-9)19-11(22)6-10-8(2)18-15(24)20-14(10)23/h7,9,12H,3-6H2,1-2H3,(H,19,22)(H2,18,20,23,24). The molecule has 24 heavy (non-hydrogen) atoms. The number of hydrogen-bond donors (Lipinski definition) is 3. The number of hydrogen-bond acceptors (Lipinski definition) is 5. The van der Waals surface area contributed by atoms with E-state index in [-0.39, 0.29) is 23.9 Å². The molecule has 2 aromatic rings. The Hall–Kier alpha value is -2.71. The Morgan fingerprint density at radius 2 is 2.17 bits per heavy atom. The van der Waals surface area contributed by atoms with Gasteiger partial charge in [-0.3, -0.25) is 14.6 Å². The van der Waals surface area contributed by atoms with Crippen molar-refractivity contribution < 1.29 is 4.79 Å². The van der Waals surface area contributed by atoms with E-state index in [1.807, 2.05) is 6.92 Å². The summed E-state index contributed by atoms with van der Waals surface area (Å²) in [5.41, 5.74) is -0.447. The minimum Gasteiger partial charge on any atom is -0.346 e. The predicted molar refractivity (Wildman–Crippen MR) is 85.4 cm³/mol. The molecule has 0 saturated heterocycles. The molecule has 0 aliphatic heterocycles. The second-order valence-electron chi connectivity index (χ2n) is 6.01. The maximum absolute atomic E-state index is 12.4. The number of amides is 1. The first-order chi connectivity index (χ1) is 11.5. The molecule has 0 spiro atoms. The van der Waals surface area contributed by atoms with Crippen molar-refractivity contribution in [2.75, 3.05) is 0 Å². The van der Waals surface area contributed by atoms with Crippen LogP contribution in [0.2, 0.25) is 0 Å². The van der Waals surface area contributed by atoms with Gasteiger partial charge in [0.15, 0.2) is 0 Å². The summed E-state index contributed by atoms with van der Waals surface area (Å²) in [6.07, 6.45) is 3.44. The van der Waals surface area contributed by atoms with E-state index in [0.29, 0.717) is 18.2 Å². The molecule has 2 aromatic heterocycles. The second-order valence-corrected chi connectivity index (χ2v) is 6.01. The maximum atomic E-state index is 12.4. The van der Waals surface area contributed by atoms with Gasteiger partial charge in [0.25, 0.3) is 5.56 Å². The monoisotopic (exact) mass is 332 g/mol. The van der Waals surface area contributed by atoms with Crippen LogP contribution in [0.4, 0.5) is 0 Å². The zero-order valence-corrected chi connectivity index (χ0v) is 13.6. The normalized spacial score (nSPS) is 15.2. The third-order valence-corrected chi connectivity index (χ3v) is 4.23. The van der Waals surface area contributed by atoms with E-state index in [2.05, 4.69) is 25.4 Å². The number of H-pyrrole nitrogens is 2. The van der Waals surface area contributed by atoms with E-state index in [4.69, 9.17) is 0 Å². The molecule has 1 amide bonds. The van der Waals surface area contributed by atoms with Crippen LogP contribution in [0.15, 0.2) is 15.9 Å². The third kappa shape index (κ3) is 3.29. The summed E-state index contributed by atoms with van der Waals surface area (Å²) in [4.78, 5) is 44.4. The predicted octanol–water partition coefficient (Wildman–Crippen LogP) is -0.207. The molecular formula is C15H20N6O3. The smallest absolute Gasteiger partial charge is 0.325 e. The Labute approximate surface area is 137 Å². The van der Waals surface area contributed by atoms with Crippen LogP contribution < -0.4 is 16.6 Å². The van der Waals surface area contributed by atoms with Crippen LogP contribution in [0.1, 0.15) is 42.9 Å². The lowest BCUT2D eigenvalue weighted by molar-refractivity contribution is -0.121. The third-order valence-electron chi connectivity index (χ3n) is 4.23. The summed E-state index contributed by atoms with van der Waals surface area (Å²) in [6, 6.07) is -0.206. The topological polar surface area (TPSA) is 126 Å². The van der Waals surface area contributed by atoms with E-state index >= 15 is 0 Å². The fourth-order valence-electron chi connectivity index (χ4n) is 2.80. The lowest BCUT2D eigenvalue weighted by Crippen LogP contribution is -2.36. The molecule has 9 nitrogen and oxygen atoms in total. The number of rotatable bonds is 6. The van der Waals surface area contributed by atoms with Gasteiger partial charge in [0.1, 0.15) is 12.2 Å². The van der Waals surface area contributed by atoms with Crippen LogP contribution in [-0.2, 0) is 17.8 Å². The molecule has 2 heterocycles. The molecule has 1 aliphatic rings. The Morgan fingerprint density at radius 3 is 2.79 bits per heavy atom. The number of aromatic nitrogens is 5. The number of carbonyl (C=O) groups is 1. The van der Waals surface area contributed by atoms with E-state index in [0.717, 1.165) is 18.7 Å². The first-order valence-electron chi connectivity index (χ1n) is 7.98. The van der Waals surface area contributed by atoms with Gasteiger partial charge in [-0.2, -0.15) is 5.10 Å². The van der Waals surface area contributed by atoms with Crippen molar-refractivity contribution in [2.45, 2.75) is 45.7 Å². The minimum absolute atomic E-state index is 0.0958. The molecule has 0 aromatic carbocycles. The fourth-order valence-corrected chi connectivity index (χ4v) is 2.80. The molecule has 0 bridgehead atoms. The lowest BCUT2D eigenvalue weighted by atomic mass is 10.1. The van der Waals surface area contributed by atoms with Gasteiger partial charge in [-0.1, -0.05) is 0 Å². The highest BCUT2D eigenvalue weighted by Crippen LogP contribution is 2.40. The molecule has 3 N–H and O–H groups in total. The van der Waals surface area contributed by atoms with Crippen molar-refractivity contribution in [3.63, 3.8) is 0 Å². The Kier molecular flexibility index (Phi) is 4.32. The van der Waals surface area contributed by atoms with Gasteiger partial charge in [-0.15, -0.1) is 0 Å². The quantitative estimate of drug-likeness (QED) is 0.675. The van der Waals surface area contributed by atoms with Crippen molar-refractivity contribution in [1.82, 2.24) is 30.0 Å². The second kappa shape index (κ2) is 6.42. The van der Waals surface area contributed by atoms with Crippen LogP contribution in [0, 0.1) is 12.8 Å². The highest BCUT2D eigenvalue weighted by Gasteiger charge is 2.36. The van der Waals surface area contributed by atoms with Crippen LogP contribution >= 0.6 is 0 Å². The minimum atomic E-state index is -0.575. The summed E-state index contributed by atoms with van der Waals surface area (Å²) >= 11 is 0. The largest absolute Gasteiger partial charge is 0.346 e. The summed E-state index contributed by atoms with van der Waals surface area (Å²) in [5, 5.41) is 7.12. The number of aryl methyl sites for hydroxylation is 2. The molecule has 1 aliphatic carbocycles. The maximum Gasteiger partial charge on any atom is 0.325 e. The van der Waals surface area contributed by atoms with E-state index in [1.165, 1.54) is 6.33 Å². The highest BCUT2D eigenvalue weighted by atomic mass is 16.2. The summed E-state index contributed by atoms with van der Waals surface area (Å²) in [6.45, 7) is 4.24. The van der Waals surface area contributed by atoms with Crippen LogP contribution in [0.25, 0.3) is 0 Å². The molecule has 3 rings (SSSR count). The average molecular weight is 332 g/mol. The van der Waals surface area contributed by atoms with Gasteiger partial charge in [-0.05, 0) is 32.6 Å². The lowest BCUT2D eigenvalue weighted by Gasteiger charge is -2.18. The first-order valence-corrected chi connectivity index (χ1v) is 7.98. The summed E-state index contributed by atoms with van der Waals surface area (Å²) in [7, 11) is 0. The Bertz CT molecular complexity index is 861. The number of aromatic amines is 2. The van der Waals surface area contributed by atoms with Gasteiger partial charge in [0.2, 0.25) is 5.91 Å². The summed E-state index contributed by atoms with van der Waals surface area (Å²) < 4.78 is 1.77. The molecule has 1 atom stereocenters. The molecular weight excluding hydrogens is 312 g/mol. The van der Waals surface area contributed by atoms with Gasteiger partial charge < -0.3 is 10.3 Å². The Morgan fingerprint density at radius 1 is 1.42 bits per heavy atom. The van der Waals surface area contributed by atoms with Gasteiger partial charge in [0, 0.05) is 17.8 Å². The molecule has 128 valence electrons. The molecule has 9 heteroatoms. The zero-order chi connectivity index (χ0) is 17.3. The van der Waals surface area contributed by atoms with Crippen molar-refractivity contribution in [2.24, 2.45) is 5.92 Å². The first kappa shape index (κ1) is 16.2. The van der Waals surface area contributed by atoms with Crippen molar-refractivity contribution in [1.29, 1.82) is 0 Å². The van der Waals surface area contributed by atoms with E-state index < -0.39 is 11.2 Å². The molecule has 0 radical (unpaired) electrons. The van der Waals surface area contributed by atoms with Gasteiger partial charge in [-0.25, -0.2) is 14.5 Å². The van der Waals surface area contributed by atoms with Crippen LogP contribution in [0.5, 0.6) is 0 Å². The van der Waals surface area contributed by atoms with E-state index in [1.54, 1.807) is 11.6 Å². The zero-order valence-electron chi connectivity index (χ0n) is 13.6. The van der Waals surface area contributed by atoms with Gasteiger partial charge >= 0.3 is 5.69 Å². The average Bonchev–Trinajstić information content (AvgIpc) is 3.25. The fraction of sp³-hybridized carbons (Fsp3) is 0.533. The van der Waals surface area contributed by atoms with Crippen LogP contribution in [0.3, 0.4) is 0 Å². The van der Waals surface area contributed by atoms with Crippen molar-refractivity contribution in [3.05, 3.63) is 44.2 Å². The summed E-state index contributed by atoms with van der Waals surface area (Å²) in [5.74, 6) is 0.803.